The first-order chi connectivity index (χ1) is 8.34. The van der Waals surface area contributed by atoms with E-state index < -0.39 is 0 Å². The van der Waals surface area contributed by atoms with Gasteiger partial charge in [-0.2, -0.15) is 0 Å². The number of nitrogens with one attached hydrogen (secondary N) is 1. The summed E-state index contributed by atoms with van der Waals surface area (Å²) in [4.78, 5) is 0. The summed E-state index contributed by atoms with van der Waals surface area (Å²) in [6.07, 6.45) is 1.19. The van der Waals surface area contributed by atoms with Crippen LogP contribution in [0.15, 0.2) is 18.2 Å². The molecule has 2 heterocycles. The second-order valence-corrected chi connectivity index (χ2v) is 4.51. The summed E-state index contributed by atoms with van der Waals surface area (Å²) in [5.41, 5.74) is 1.85. The Bertz CT molecular complexity index is 516. The van der Waals surface area contributed by atoms with Crippen molar-refractivity contribution in [2.24, 2.45) is 13.0 Å². The average molecular weight is 232 g/mol. The molecule has 0 saturated carbocycles. The number of hydrogen-bond donors (Lipinski definition) is 1. The molecule has 1 aliphatic heterocycles. The highest BCUT2D eigenvalue weighted by molar-refractivity contribution is 5.80. The second-order valence-electron chi connectivity index (χ2n) is 4.51. The third-order valence-corrected chi connectivity index (χ3v) is 3.22. The molecule has 0 amide bonds. The minimum absolute atomic E-state index is 0.617. The maximum absolute atomic E-state index is 5.90. The minimum Gasteiger partial charge on any atom is -0.491 e. The molecule has 0 aliphatic carbocycles. The van der Waals surface area contributed by atoms with E-state index in [4.69, 9.17) is 4.74 Å². The number of fused-ring (bicyclic) bond motifs is 1. The molecule has 1 unspecified atom stereocenters. The standard InChI is InChI=1S/C12H16N4O/c1-16-12-10(14-15-16)3-2-4-11(12)17-8-9-5-6-13-7-9/h2-4,9,13H,5-8H2,1H3. The number of rotatable bonds is 3. The summed E-state index contributed by atoms with van der Waals surface area (Å²) >= 11 is 0. The fourth-order valence-corrected chi connectivity index (χ4v) is 2.26. The lowest BCUT2D eigenvalue weighted by atomic mass is 10.1. The molecule has 3 rings (SSSR count). The van der Waals surface area contributed by atoms with E-state index in [1.54, 1.807) is 4.68 Å². The first-order valence-electron chi connectivity index (χ1n) is 5.96. The van der Waals surface area contributed by atoms with Gasteiger partial charge in [0.05, 0.1) is 6.61 Å². The molecule has 1 fully saturated rings. The Hall–Kier alpha value is -1.62. The number of hydrogen-bond acceptors (Lipinski definition) is 4. The van der Waals surface area contributed by atoms with Crippen molar-refractivity contribution in [3.8, 4) is 5.75 Å². The zero-order valence-electron chi connectivity index (χ0n) is 9.89. The van der Waals surface area contributed by atoms with Crippen molar-refractivity contribution in [3.63, 3.8) is 0 Å². The van der Waals surface area contributed by atoms with E-state index in [0.29, 0.717) is 5.92 Å². The monoisotopic (exact) mass is 232 g/mol. The molecule has 2 aromatic rings. The summed E-state index contributed by atoms with van der Waals surface area (Å²) < 4.78 is 7.66. The van der Waals surface area contributed by atoms with Gasteiger partial charge in [0.15, 0.2) is 0 Å². The van der Waals surface area contributed by atoms with Crippen molar-refractivity contribution in [1.82, 2.24) is 20.3 Å². The molecule has 1 atom stereocenters. The number of nitrogens with zero attached hydrogens (tertiary/aromatic N) is 3. The Morgan fingerprint density at radius 1 is 1.53 bits per heavy atom. The van der Waals surface area contributed by atoms with Crippen LogP contribution >= 0.6 is 0 Å². The van der Waals surface area contributed by atoms with E-state index in [1.807, 2.05) is 25.2 Å². The van der Waals surface area contributed by atoms with Crippen LogP contribution in [0.3, 0.4) is 0 Å². The lowest BCUT2D eigenvalue weighted by Crippen LogP contribution is -2.15. The first kappa shape index (κ1) is 10.5. The van der Waals surface area contributed by atoms with Crippen LogP contribution in [0.5, 0.6) is 5.75 Å². The summed E-state index contributed by atoms with van der Waals surface area (Å²) in [5.74, 6) is 1.49. The zero-order chi connectivity index (χ0) is 11.7. The molecule has 1 aromatic carbocycles. The van der Waals surface area contributed by atoms with Crippen LogP contribution in [0.25, 0.3) is 11.0 Å². The molecular formula is C12H16N4O. The first-order valence-corrected chi connectivity index (χ1v) is 5.96. The minimum atomic E-state index is 0.617. The van der Waals surface area contributed by atoms with Crippen molar-refractivity contribution >= 4 is 11.0 Å². The summed E-state index contributed by atoms with van der Waals surface area (Å²) in [6.45, 7) is 2.92. The van der Waals surface area contributed by atoms with Crippen LogP contribution in [0, 0.1) is 5.92 Å². The summed E-state index contributed by atoms with van der Waals surface area (Å²) in [6, 6.07) is 5.89. The van der Waals surface area contributed by atoms with E-state index in [9.17, 15) is 0 Å². The average Bonchev–Trinajstić information content (AvgIpc) is 2.97. The third-order valence-electron chi connectivity index (χ3n) is 3.22. The van der Waals surface area contributed by atoms with Crippen molar-refractivity contribution in [3.05, 3.63) is 18.2 Å². The Kier molecular flexibility index (Phi) is 2.68. The van der Waals surface area contributed by atoms with E-state index in [-0.39, 0.29) is 0 Å². The van der Waals surface area contributed by atoms with Crippen LogP contribution in [-0.4, -0.2) is 34.7 Å². The highest BCUT2D eigenvalue weighted by Crippen LogP contribution is 2.24. The normalized spacial score (nSPS) is 19.9. The highest BCUT2D eigenvalue weighted by Gasteiger charge is 2.16. The Morgan fingerprint density at radius 3 is 3.29 bits per heavy atom. The molecular weight excluding hydrogens is 216 g/mol. The van der Waals surface area contributed by atoms with Gasteiger partial charge in [-0.05, 0) is 25.1 Å². The fraction of sp³-hybridized carbons (Fsp3) is 0.500. The van der Waals surface area contributed by atoms with E-state index in [0.717, 1.165) is 36.5 Å². The second kappa shape index (κ2) is 4.33. The number of ether oxygens (including phenoxy) is 1. The van der Waals surface area contributed by atoms with Crippen molar-refractivity contribution in [2.75, 3.05) is 19.7 Å². The van der Waals surface area contributed by atoms with E-state index >= 15 is 0 Å². The predicted octanol–water partition coefficient (Wildman–Crippen LogP) is 0.957. The number of benzene rings is 1. The third kappa shape index (κ3) is 1.98. The lowest BCUT2D eigenvalue weighted by Gasteiger charge is -2.11. The summed E-state index contributed by atoms with van der Waals surface area (Å²) in [5, 5.41) is 11.4. The molecule has 90 valence electrons. The largest absolute Gasteiger partial charge is 0.491 e. The van der Waals surface area contributed by atoms with Gasteiger partial charge < -0.3 is 10.1 Å². The van der Waals surface area contributed by atoms with Crippen LogP contribution in [0.4, 0.5) is 0 Å². The molecule has 0 radical (unpaired) electrons. The lowest BCUT2D eigenvalue weighted by molar-refractivity contribution is 0.262. The highest BCUT2D eigenvalue weighted by atomic mass is 16.5. The Balaban J connectivity index is 1.81. The topological polar surface area (TPSA) is 52.0 Å². The van der Waals surface area contributed by atoms with Crippen LogP contribution < -0.4 is 10.1 Å². The van der Waals surface area contributed by atoms with Crippen LogP contribution in [0.1, 0.15) is 6.42 Å². The van der Waals surface area contributed by atoms with Gasteiger partial charge in [-0.1, -0.05) is 11.3 Å². The predicted molar refractivity (Wildman–Crippen MR) is 65.0 cm³/mol. The maximum atomic E-state index is 5.90. The van der Waals surface area contributed by atoms with Crippen molar-refractivity contribution < 1.29 is 4.74 Å². The molecule has 5 nitrogen and oxygen atoms in total. The molecule has 0 bridgehead atoms. The number of para-hydroxylation sites is 1. The van der Waals surface area contributed by atoms with Gasteiger partial charge in [0, 0.05) is 19.5 Å². The Labute approximate surface area is 99.8 Å². The van der Waals surface area contributed by atoms with Gasteiger partial charge in [-0.3, -0.25) is 0 Å². The van der Waals surface area contributed by atoms with E-state index in [2.05, 4.69) is 15.6 Å². The van der Waals surface area contributed by atoms with Crippen LogP contribution in [-0.2, 0) is 7.05 Å². The van der Waals surface area contributed by atoms with E-state index in [1.165, 1.54) is 6.42 Å². The van der Waals surface area contributed by atoms with Crippen LogP contribution in [0.2, 0.25) is 0 Å². The summed E-state index contributed by atoms with van der Waals surface area (Å²) in [7, 11) is 1.89. The van der Waals surface area contributed by atoms with Gasteiger partial charge in [0.1, 0.15) is 16.8 Å². The molecule has 5 heteroatoms. The van der Waals surface area contributed by atoms with Crippen molar-refractivity contribution in [2.45, 2.75) is 6.42 Å². The molecule has 1 saturated heterocycles. The van der Waals surface area contributed by atoms with Gasteiger partial charge in [-0.15, -0.1) is 5.10 Å². The van der Waals surface area contributed by atoms with Gasteiger partial charge in [0.25, 0.3) is 0 Å². The molecule has 1 N–H and O–H groups in total. The smallest absolute Gasteiger partial charge is 0.146 e. The molecule has 0 spiro atoms. The molecule has 17 heavy (non-hydrogen) atoms. The zero-order valence-corrected chi connectivity index (χ0v) is 9.89. The molecule has 1 aliphatic rings. The van der Waals surface area contributed by atoms with Gasteiger partial charge in [0.2, 0.25) is 0 Å². The fourth-order valence-electron chi connectivity index (χ4n) is 2.26. The van der Waals surface area contributed by atoms with Gasteiger partial charge >= 0.3 is 0 Å². The van der Waals surface area contributed by atoms with Crippen molar-refractivity contribution in [1.29, 1.82) is 0 Å². The Morgan fingerprint density at radius 2 is 2.47 bits per heavy atom. The quantitative estimate of drug-likeness (QED) is 0.856. The number of aryl methyl sites for hydroxylation is 1. The SMILES string of the molecule is Cn1nnc2cccc(OCC3CCNC3)c21. The maximum Gasteiger partial charge on any atom is 0.146 e. The van der Waals surface area contributed by atoms with Gasteiger partial charge in [-0.25, -0.2) is 4.68 Å². The molecule has 1 aromatic heterocycles. The number of aromatic nitrogens is 3.